The first-order chi connectivity index (χ1) is 10.7. The molecule has 1 heterocycles. The molecule has 0 bridgehead atoms. The molecule has 2 amide bonds. The fourth-order valence-corrected chi connectivity index (χ4v) is 2.33. The van der Waals surface area contributed by atoms with Crippen molar-refractivity contribution in [2.75, 3.05) is 18.5 Å². The first-order valence-electron chi connectivity index (χ1n) is 7.74. The lowest BCUT2D eigenvalue weighted by Gasteiger charge is -2.18. The first kappa shape index (κ1) is 16.4. The third-order valence-corrected chi connectivity index (χ3v) is 3.60. The first-order valence-corrected chi connectivity index (χ1v) is 7.74. The number of carbonyl (C=O) groups excluding carboxylic acids is 1. The number of ether oxygens (including phenoxy) is 2. The normalized spacial score (nSPS) is 18.5. The van der Waals surface area contributed by atoms with Gasteiger partial charge in [-0.05, 0) is 25.0 Å². The Labute approximate surface area is 131 Å². The standard InChI is InChI=1S/C17H24N2O3/c1-3-7-13(4-2)18-17(20)19-15-8-5-6-9-16(15)22-14-10-11-21-12-14/h3,5-6,8-9,13-14H,1,4,7,10-12H2,2H3,(H2,18,19,20). The zero-order valence-electron chi connectivity index (χ0n) is 13.0. The summed E-state index contributed by atoms with van der Waals surface area (Å²) < 4.78 is 11.2. The van der Waals surface area contributed by atoms with Crippen molar-refractivity contribution in [3.8, 4) is 5.75 Å². The summed E-state index contributed by atoms with van der Waals surface area (Å²) in [5, 5.41) is 5.79. The van der Waals surface area contributed by atoms with Gasteiger partial charge in [0.05, 0.1) is 18.9 Å². The molecule has 120 valence electrons. The number of benzene rings is 1. The summed E-state index contributed by atoms with van der Waals surface area (Å²) in [7, 11) is 0. The van der Waals surface area contributed by atoms with E-state index in [1.54, 1.807) is 0 Å². The lowest BCUT2D eigenvalue weighted by atomic mass is 10.1. The van der Waals surface area contributed by atoms with Crippen molar-refractivity contribution >= 4 is 11.7 Å². The van der Waals surface area contributed by atoms with Gasteiger partial charge in [0.1, 0.15) is 11.9 Å². The Morgan fingerprint density at radius 2 is 2.36 bits per heavy atom. The van der Waals surface area contributed by atoms with Crippen LogP contribution in [0.5, 0.6) is 5.75 Å². The Bertz CT molecular complexity index is 498. The van der Waals surface area contributed by atoms with Crippen molar-refractivity contribution in [1.29, 1.82) is 0 Å². The van der Waals surface area contributed by atoms with E-state index in [2.05, 4.69) is 17.2 Å². The SMILES string of the molecule is C=CCC(CC)NC(=O)Nc1ccccc1OC1CCOC1. The van der Waals surface area contributed by atoms with Gasteiger partial charge in [-0.15, -0.1) is 6.58 Å². The molecule has 0 radical (unpaired) electrons. The van der Waals surface area contributed by atoms with E-state index in [4.69, 9.17) is 9.47 Å². The Kier molecular flexibility index (Phi) is 6.27. The molecule has 1 saturated heterocycles. The van der Waals surface area contributed by atoms with Gasteiger partial charge in [0, 0.05) is 12.5 Å². The molecule has 22 heavy (non-hydrogen) atoms. The van der Waals surface area contributed by atoms with Gasteiger partial charge in [-0.2, -0.15) is 0 Å². The van der Waals surface area contributed by atoms with Gasteiger partial charge in [-0.3, -0.25) is 0 Å². The van der Waals surface area contributed by atoms with Crippen LogP contribution in [0.3, 0.4) is 0 Å². The molecule has 1 fully saturated rings. The Hall–Kier alpha value is -2.01. The maximum Gasteiger partial charge on any atom is 0.319 e. The lowest BCUT2D eigenvalue weighted by Crippen LogP contribution is -2.37. The summed E-state index contributed by atoms with van der Waals surface area (Å²) in [6.07, 6.45) is 4.34. The van der Waals surface area contributed by atoms with E-state index in [0.717, 1.165) is 25.9 Å². The minimum absolute atomic E-state index is 0.0511. The maximum atomic E-state index is 12.1. The van der Waals surface area contributed by atoms with E-state index >= 15 is 0 Å². The van der Waals surface area contributed by atoms with Gasteiger partial charge in [-0.25, -0.2) is 4.79 Å². The van der Waals surface area contributed by atoms with Gasteiger partial charge < -0.3 is 20.1 Å². The predicted octanol–water partition coefficient (Wildman–Crippen LogP) is 3.33. The number of carbonyl (C=O) groups is 1. The van der Waals surface area contributed by atoms with Crippen LogP contribution in [-0.2, 0) is 4.74 Å². The van der Waals surface area contributed by atoms with Crippen LogP contribution in [0, 0.1) is 0 Å². The third-order valence-electron chi connectivity index (χ3n) is 3.60. The van der Waals surface area contributed by atoms with Crippen molar-refractivity contribution < 1.29 is 14.3 Å². The Balaban J connectivity index is 1.96. The molecule has 1 aromatic carbocycles. The second kappa shape index (κ2) is 8.44. The molecular formula is C17H24N2O3. The summed E-state index contributed by atoms with van der Waals surface area (Å²) in [6, 6.07) is 7.31. The highest BCUT2D eigenvalue weighted by Crippen LogP contribution is 2.26. The molecule has 1 aliphatic heterocycles. The summed E-state index contributed by atoms with van der Waals surface area (Å²) in [5.41, 5.74) is 0.667. The number of hydrogen-bond donors (Lipinski definition) is 2. The molecule has 1 aromatic rings. The maximum absolute atomic E-state index is 12.1. The lowest BCUT2D eigenvalue weighted by molar-refractivity contribution is 0.142. The van der Waals surface area contributed by atoms with Crippen LogP contribution < -0.4 is 15.4 Å². The topological polar surface area (TPSA) is 59.6 Å². The number of nitrogens with one attached hydrogen (secondary N) is 2. The number of anilines is 1. The van der Waals surface area contributed by atoms with Gasteiger partial charge in [0.2, 0.25) is 0 Å². The van der Waals surface area contributed by atoms with Crippen LogP contribution in [-0.4, -0.2) is 31.4 Å². The molecule has 0 aliphatic carbocycles. The second-order valence-corrected chi connectivity index (χ2v) is 5.33. The van der Waals surface area contributed by atoms with Crippen LogP contribution in [0.1, 0.15) is 26.2 Å². The average Bonchev–Trinajstić information content (AvgIpc) is 3.02. The molecule has 5 nitrogen and oxygen atoms in total. The van der Waals surface area contributed by atoms with Gasteiger partial charge >= 0.3 is 6.03 Å². The van der Waals surface area contributed by atoms with Crippen LogP contribution >= 0.6 is 0 Å². The van der Waals surface area contributed by atoms with Crippen LogP contribution in [0.4, 0.5) is 10.5 Å². The highest BCUT2D eigenvalue weighted by molar-refractivity contribution is 5.91. The van der Waals surface area contributed by atoms with Crippen LogP contribution in [0.2, 0.25) is 0 Å². The fourth-order valence-electron chi connectivity index (χ4n) is 2.33. The smallest absolute Gasteiger partial charge is 0.319 e. The van der Waals surface area contributed by atoms with Crippen LogP contribution in [0.15, 0.2) is 36.9 Å². The zero-order valence-corrected chi connectivity index (χ0v) is 13.0. The van der Waals surface area contributed by atoms with Gasteiger partial charge in [0.15, 0.2) is 0 Å². The zero-order chi connectivity index (χ0) is 15.8. The molecule has 5 heteroatoms. The summed E-state index contributed by atoms with van der Waals surface area (Å²) in [5.74, 6) is 0.671. The predicted molar refractivity (Wildman–Crippen MR) is 87.3 cm³/mol. The Morgan fingerprint density at radius 3 is 3.05 bits per heavy atom. The number of amides is 2. The molecule has 2 unspecified atom stereocenters. The van der Waals surface area contributed by atoms with Crippen molar-refractivity contribution in [2.45, 2.75) is 38.3 Å². The van der Waals surface area contributed by atoms with Crippen molar-refractivity contribution in [1.82, 2.24) is 5.32 Å². The molecule has 2 atom stereocenters. The van der Waals surface area contributed by atoms with Crippen molar-refractivity contribution in [3.63, 3.8) is 0 Å². The van der Waals surface area contributed by atoms with Crippen molar-refractivity contribution in [3.05, 3.63) is 36.9 Å². The monoisotopic (exact) mass is 304 g/mol. The van der Waals surface area contributed by atoms with Gasteiger partial charge in [0.25, 0.3) is 0 Å². The summed E-state index contributed by atoms with van der Waals surface area (Å²) in [6.45, 7) is 7.06. The quantitative estimate of drug-likeness (QED) is 0.760. The summed E-state index contributed by atoms with van der Waals surface area (Å²) >= 11 is 0. The van der Waals surface area contributed by atoms with Crippen LogP contribution in [0.25, 0.3) is 0 Å². The number of hydrogen-bond acceptors (Lipinski definition) is 3. The second-order valence-electron chi connectivity index (χ2n) is 5.33. The number of urea groups is 1. The minimum Gasteiger partial charge on any atom is -0.486 e. The minimum atomic E-state index is -0.229. The highest BCUT2D eigenvalue weighted by atomic mass is 16.5. The molecule has 0 spiro atoms. The Morgan fingerprint density at radius 1 is 1.55 bits per heavy atom. The molecule has 0 saturated carbocycles. The fraction of sp³-hybridized carbons (Fsp3) is 0.471. The van der Waals surface area contributed by atoms with E-state index < -0.39 is 0 Å². The molecular weight excluding hydrogens is 280 g/mol. The van der Waals surface area contributed by atoms with Gasteiger partial charge in [-0.1, -0.05) is 25.1 Å². The number of para-hydroxylation sites is 2. The molecule has 0 aromatic heterocycles. The summed E-state index contributed by atoms with van der Waals surface area (Å²) in [4.78, 5) is 12.1. The van der Waals surface area contributed by atoms with Crippen molar-refractivity contribution in [2.24, 2.45) is 0 Å². The van der Waals surface area contributed by atoms with E-state index in [1.807, 2.05) is 37.3 Å². The average molecular weight is 304 g/mol. The molecule has 2 N–H and O–H groups in total. The molecule has 2 rings (SSSR count). The van der Waals surface area contributed by atoms with E-state index in [0.29, 0.717) is 18.0 Å². The van der Waals surface area contributed by atoms with E-state index in [9.17, 15) is 4.79 Å². The van der Waals surface area contributed by atoms with E-state index in [-0.39, 0.29) is 18.2 Å². The third kappa shape index (κ3) is 4.77. The largest absolute Gasteiger partial charge is 0.486 e. The van der Waals surface area contributed by atoms with E-state index in [1.165, 1.54) is 0 Å². The highest BCUT2D eigenvalue weighted by Gasteiger charge is 2.19. The number of rotatable bonds is 7. The molecule has 1 aliphatic rings.